The average Bonchev–Trinajstić information content (AvgIpc) is 2.38. The molecular weight excluding hydrogens is 219 g/mol. The van der Waals surface area contributed by atoms with E-state index in [0.717, 1.165) is 37.4 Å². The normalized spacial score (nSPS) is 17.2. The molecule has 3 nitrogen and oxygen atoms in total. The van der Waals surface area contributed by atoms with Crippen LogP contribution >= 0.6 is 0 Å². The molecular formula is C13H19FN2O. The molecule has 1 saturated heterocycles. The molecule has 4 heteroatoms. The molecule has 2 N–H and O–H groups in total. The topological polar surface area (TPSA) is 38.5 Å². The molecule has 17 heavy (non-hydrogen) atoms. The molecule has 1 aliphatic rings. The van der Waals surface area contributed by atoms with E-state index in [2.05, 4.69) is 4.90 Å². The molecule has 1 aliphatic heterocycles. The minimum Gasteiger partial charge on any atom is -0.489 e. The van der Waals surface area contributed by atoms with Crippen molar-refractivity contribution in [2.75, 3.05) is 31.3 Å². The van der Waals surface area contributed by atoms with E-state index in [4.69, 9.17) is 10.5 Å². The fraction of sp³-hybridized carbons (Fsp3) is 0.538. The lowest BCUT2D eigenvalue weighted by atomic mass is 10.1. The van der Waals surface area contributed by atoms with Crippen molar-refractivity contribution >= 4 is 5.69 Å². The number of alkyl halides is 1. The van der Waals surface area contributed by atoms with Gasteiger partial charge in [-0.1, -0.05) is 12.1 Å². The van der Waals surface area contributed by atoms with Gasteiger partial charge in [-0.3, -0.25) is 0 Å². The Morgan fingerprint density at radius 2 is 2.00 bits per heavy atom. The quantitative estimate of drug-likeness (QED) is 0.871. The summed E-state index contributed by atoms with van der Waals surface area (Å²) in [5.74, 6) is 0.764. The third kappa shape index (κ3) is 3.09. The zero-order chi connectivity index (χ0) is 12.1. The van der Waals surface area contributed by atoms with Gasteiger partial charge >= 0.3 is 0 Å². The van der Waals surface area contributed by atoms with Gasteiger partial charge in [0.05, 0.1) is 5.69 Å². The third-order valence-corrected chi connectivity index (χ3v) is 3.08. The number of benzene rings is 1. The largest absolute Gasteiger partial charge is 0.489 e. The molecule has 0 unspecified atom stereocenters. The Morgan fingerprint density at radius 1 is 1.29 bits per heavy atom. The van der Waals surface area contributed by atoms with Crippen LogP contribution in [-0.4, -0.2) is 32.4 Å². The highest BCUT2D eigenvalue weighted by Crippen LogP contribution is 2.29. The van der Waals surface area contributed by atoms with Gasteiger partial charge in [-0.15, -0.1) is 0 Å². The zero-order valence-electron chi connectivity index (χ0n) is 9.94. The molecule has 0 bridgehead atoms. The van der Waals surface area contributed by atoms with Crippen LogP contribution in [0.25, 0.3) is 0 Å². The minimum absolute atomic E-state index is 0.115. The van der Waals surface area contributed by atoms with Gasteiger partial charge in [0.2, 0.25) is 0 Å². The van der Waals surface area contributed by atoms with Crippen LogP contribution in [0.15, 0.2) is 24.3 Å². The SMILES string of the molecule is NC1CCN(c2ccccc2OCCF)CC1. The summed E-state index contributed by atoms with van der Waals surface area (Å²) in [6.45, 7) is 1.54. The fourth-order valence-corrected chi connectivity index (χ4v) is 2.13. The summed E-state index contributed by atoms with van der Waals surface area (Å²) < 4.78 is 17.6. The van der Waals surface area contributed by atoms with Crippen molar-refractivity contribution in [3.05, 3.63) is 24.3 Å². The predicted octanol–water partition coefficient (Wildman–Crippen LogP) is 1.96. The number of piperidine rings is 1. The van der Waals surface area contributed by atoms with Crippen molar-refractivity contribution in [1.29, 1.82) is 0 Å². The summed E-state index contributed by atoms with van der Waals surface area (Å²) in [4.78, 5) is 2.26. The second kappa shape index (κ2) is 5.87. The monoisotopic (exact) mass is 238 g/mol. The number of hydrogen-bond donors (Lipinski definition) is 1. The van der Waals surface area contributed by atoms with E-state index in [1.54, 1.807) is 0 Å². The Hall–Kier alpha value is -1.29. The van der Waals surface area contributed by atoms with Crippen LogP contribution < -0.4 is 15.4 Å². The number of halogens is 1. The smallest absolute Gasteiger partial charge is 0.142 e. The number of rotatable bonds is 4. The summed E-state index contributed by atoms with van der Waals surface area (Å²) in [7, 11) is 0. The molecule has 0 radical (unpaired) electrons. The van der Waals surface area contributed by atoms with E-state index in [0.29, 0.717) is 6.04 Å². The second-order valence-corrected chi connectivity index (χ2v) is 4.33. The van der Waals surface area contributed by atoms with E-state index in [1.165, 1.54) is 0 Å². The number of nitrogens with two attached hydrogens (primary N) is 1. The molecule has 2 rings (SSSR count). The van der Waals surface area contributed by atoms with E-state index in [-0.39, 0.29) is 6.61 Å². The first-order valence-electron chi connectivity index (χ1n) is 6.09. The van der Waals surface area contributed by atoms with Crippen molar-refractivity contribution < 1.29 is 9.13 Å². The van der Waals surface area contributed by atoms with E-state index in [9.17, 15) is 4.39 Å². The van der Waals surface area contributed by atoms with Gasteiger partial charge in [-0.2, -0.15) is 0 Å². The van der Waals surface area contributed by atoms with Gasteiger partial charge in [0.25, 0.3) is 0 Å². The van der Waals surface area contributed by atoms with Gasteiger partial charge in [0.1, 0.15) is 19.0 Å². The van der Waals surface area contributed by atoms with Gasteiger partial charge in [-0.25, -0.2) is 4.39 Å². The lowest BCUT2D eigenvalue weighted by Gasteiger charge is -2.33. The predicted molar refractivity (Wildman–Crippen MR) is 67.3 cm³/mol. The molecule has 1 heterocycles. The third-order valence-electron chi connectivity index (χ3n) is 3.08. The maximum Gasteiger partial charge on any atom is 0.142 e. The van der Waals surface area contributed by atoms with Crippen molar-refractivity contribution in [3.8, 4) is 5.75 Å². The van der Waals surface area contributed by atoms with Crippen molar-refractivity contribution in [1.82, 2.24) is 0 Å². The van der Waals surface area contributed by atoms with Crippen LogP contribution in [0.1, 0.15) is 12.8 Å². The second-order valence-electron chi connectivity index (χ2n) is 4.33. The summed E-state index contributed by atoms with van der Waals surface area (Å²) in [6.07, 6.45) is 1.99. The Kier molecular flexibility index (Phi) is 4.20. The first kappa shape index (κ1) is 12.2. The molecule has 1 fully saturated rings. The molecule has 0 saturated carbocycles. The molecule has 1 aromatic rings. The summed E-state index contributed by atoms with van der Waals surface area (Å²) >= 11 is 0. The molecule has 94 valence electrons. The molecule has 0 aromatic heterocycles. The molecule has 0 spiro atoms. The first-order valence-corrected chi connectivity index (χ1v) is 6.09. The highest BCUT2D eigenvalue weighted by atomic mass is 19.1. The molecule has 0 aliphatic carbocycles. The van der Waals surface area contributed by atoms with Crippen LogP contribution in [0.5, 0.6) is 5.75 Å². The molecule has 1 aromatic carbocycles. The minimum atomic E-state index is -0.459. The Labute approximate surface area is 101 Å². The van der Waals surface area contributed by atoms with Crippen molar-refractivity contribution in [2.45, 2.75) is 18.9 Å². The van der Waals surface area contributed by atoms with Crippen molar-refractivity contribution in [3.63, 3.8) is 0 Å². The number of hydrogen-bond acceptors (Lipinski definition) is 3. The Morgan fingerprint density at radius 3 is 2.71 bits per heavy atom. The van der Waals surface area contributed by atoms with Crippen LogP contribution in [0, 0.1) is 0 Å². The van der Waals surface area contributed by atoms with E-state index < -0.39 is 6.67 Å². The first-order chi connectivity index (χ1) is 8.31. The van der Waals surface area contributed by atoms with Crippen LogP contribution in [-0.2, 0) is 0 Å². The highest BCUT2D eigenvalue weighted by Gasteiger charge is 2.18. The number of anilines is 1. The summed E-state index contributed by atoms with van der Waals surface area (Å²) in [5.41, 5.74) is 6.93. The highest BCUT2D eigenvalue weighted by molar-refractivity contribution is 5.58. The number of para-hydroxylation sites is 2. The molecule has 0 amide bonds. The lowest BCUT2D eigenvalue weighted by Crippen LogP contribution is -2.39. The van der Waals surface area contributed by atoms with Gasteiger partial charge < -0.3 is 15.4 Å². The number of nitrogens with zero attached hydrogens (tertiary/aromatic N) is 1. The Bertz CT molecular complexity index is 351. The summed E-state index contributed by atoms with van der Waals surface area (Å²) in [6, 6.07) is 8.10. The molecule has 0 atom stereocenters. The van der Waals surface area contributed by atoms with E-state index >= 15 is 0 Å². The van der Waals surface area contributed by atoms with Crippen LogP contribution in [0.2, 0.25) is 0 Å². The van der Waals surface area contributed by atoms with E-state index in [1.807, 2.05) is 24.3 Å². The zero-order valence-corrected chi connectivity index (χ0v) is 9.94. The van der Waals surface area contributed by atoms with Crippen molar-refractivity contribution in [2.24, 2.45) is 5.73 Å². The fourth-order valence-electron chi connectivity index (χ4n) is 2.13. The Balaban J connectivity index is 2.08. The van der Waals surface area contributed by atoms with Gasteiger partial charge in [0.15, 0.2) is 0 Å². The van der Waals surface area contributed by atoms with Crippen LogP contribution in [0.3, 0.4) is 0 Å². The van der Waals surface area contributed by atoms with Crippen LogP contribution in [0.4, 0.5) is 10.1 Å². The van der Waals surface area contributed by atoms with Gasteiger partial charge in [-0.05, 0) is 25.0 Å². The number of ether oxygens (including phenoxy) is 1. The lowest BCUT2D eigenvalue weighted by molar-refractivity contribution is 0.273. The summed E-state index contributed by atoms with van der Waals surface area (Å²) in [5, 5.41) is 0. The maximum absolute atomic E-state index is 12.1. The average molecular weight is 238 g/mol. The van der Waals surface area contributed by atoms with Gasteiger partial charge in [0, 0.05) is 19.1 Å². The standard InChI is InChI=1S/C13H19FN2O/c14-7-10-17-13-4-2-1-3-12(13)16-8-5-11(15)6-9-16/h1-4,11H,5-10,15H2. The maximum atomic E-state index is 12.1.